The van der Waals surface area contributed by atoms with E-state index in [1.165, 1.54) is 0 Å². The second-order valence-electron chi connectivity index (χ2n) is 2.90. The summed E-state index contributed by atoms with van der Waals surface area (Å²) in [6.07, 6.45) is 0. The van der Waals surface area contributed by atoms with Crippen LogP contribution in [-0.4, -0.2) is 25.4 Å². The molecule has 4 heteroatoms. The zero-order chi connectivity index (χ0) is 11.1. The van der Waals surface area contributed by atoms with Gasteiger partial charge in [0, 0.05) is 7.11 Å². The van der Waals surface area contributed by atoms with Gasteiger partial charge in [0.25, 0.3) is 0 Å². The maximum absolute atomic E-state index is 9.01. The number of hydrogen-bond donors (Lipinski definition) is 1. The Morgan fingerprint density at radius 3 is 2.80 bits per heavy atom. The molecule has 0 heterocycles. The van der Waals surface area contributed by atoms with Crippen LogP contribution in [0.3, 0.4) is 0 Å². The molecular weight excluding hydrogens is 194 g/mol. The lowest BCUT2D eigenvalue weighted by Gasteiger charge is -2.09. The molecule has 0 aromatic heterocycles. The molecule has 0 fully saturated rings. The van der Waals surface area contributed by atoms with Gasteiger partial charge in [-0.3, -0.25) is 0 Å². The number of benzene rings is 1. The average Bonchev–Trinajstić information content (AvgIpc) is 2.29. The molecule has 0 bridgehead atoms. The van der Waals surface area contributed by atoms with E-state index in [-0.39, 0.29) is 6.61 Å². The first-order valence-electron chi connectivity index (χ1n) is 4.58. The van der Waals surface area contributed by atoms with E-state index < -0.39 is 0 Å². The second-order valence-corrected chi connectivity index (χ2v) is 2.90. The highest BCUT2D eigenvalue weighted by molar-refractivity contribution is 5.48. The van der Waals surface area contributed by atoms with Crippen molar-refractivity contribution in [3.63, 3.8) is 0 Å². The molecule has 80 valence electrons. The van der Waals surface area contributed by atoms with Crippen molar-refractivity contribution < 1.29 is 14.6 Å². The third kappa shape index (κ3) is 2.94. The third-order valence-corrected chi connectivity index (χ3v) is 1.94. The van der Waals surface area contributed by atoms with Gasteiger partial charge in [0.05, 0.1) is 18.8 Å². The number of aliphatic hydroxyl groups is 1. The lowest BCUT2D eigenvalue weighted by Crippen LogP contribution is -2.06. The van der Waals surface area contributed by atoms with Crippen LogP contribution in [-0.2, 0) is 11.3 Å². The van der Waals surface area contributed by atoms with Crippen molar-refractivity contribution in [2.45, 2.75) is 6.61 Å². The van der Waals surface area contributed by atoms with Gasteiger partial charge in [0.2, 0.25) is 0 Å². The zero-order valence-corrected chi connectivity index (χ0v) is 8.56. The number of ether oxygens (including phenoxy) is 2. The minimum atomic E-state index is -0.162. The highest BCUT2D eigenvalue weighted by Gasteiger charge is 2.07. The van der Waals surface area contributed by atoms with Crippen LogP contribution in [0, 0.1) is 11.3 Å². The van der Waals surface area contributed by atoms with E-state index in [0.717, 1.165) is 0 Å². The minimum Gasteiger partial charge on any atom is -0.490 e. The van der Waals surface area contributed by atoms with E-state index in [2.05, 4.69) is 0 Å². The zero-order valence-electron chi connectivity index (χ0n) is 8.56. The van der Waals surface area contributed by atoms with Crippen molar-refractivity contribution in [1.82, 2.24) is 0 Å². The number of hydrogen-bond acceptors (Lipinski definition) is 4. The van der Waals surface area contributed by atoms with Crippen LogP contribution < -0.4 is 4.74 Å². The summed E-state index contributed by atoms with van der Waals surface area (Å²) in [6, 6.07) is 7.16. The van der Waals surface area contributed by atoms with Crippen molar-refractivity contribution in [3.8, 4) is 11.8 Å². The standard InChI is InChI=1S/C11H13NO3/c1-14-5-6-15-11-4-2-3-9(8-13)10(11)7-12/h2-4,13H,5-6,8H2,1H3. The molecule has 0 amide bonds. The molecule has 0 aliphatic heterocycles. The number of nitriles is 1. The molecule has 0 radical (unpaired) electrons. The Morgan fingerprint density at radius 1 is 1.40 bits per heavy atom. The molecule has 1 rings (SSSR count). The van der Waals surface area contributed by atoms with E-state index in [9.17, 15) is 0 Å². The summed E-state index contributed by atoms with van der Waals surface area (Å²) < 4.78 is 10.2. The number of aliphatic hydroxyl groups excluding tert-OH is 1. The van der Waals surface area contributed by atoms with Crippen molar-refractivity contribution in [3.05, 3.63) is 29.3 Å². The molecular formula is C11H13NO3. The predicted molar refractivity (Wildman–Crippen MR) is 54.5 cm³/mol. The first kappa shape index (κ1) is 11.5. The van der Waals surface area contributed by atoms with Crippen LogP contribution in [0.25, 0.3) is 0 Å². The van der Waals surface area contributed by atoms with Gasteiger partial charge in [-0.2, -0.15) is 5.26 Å². The topological polar surface area (TPSA) is 62.5 Å². The molecule has 0 aliphatic carbocycles. The summed E-state index contributed by atoms with van der Waals surface area (Å²) in [7, 11) is 1.58. The Labute approximate surface area is 88.7 Å². The normalized spacial score (nSPS) is 9.67. The van der Waals surface area contributed by atoms with E-state index >= 15 is 0 Å². The Morgan fingerprint density at radius 2 is 2.20 bits per heavy atom. The maximum Gasteiger partial charge on any atom is 0.137 e. The van der Waals surface area contributed by atoms with E-state index in [1.54, 1.807) is 25.3 Å². The highest BCUT2D eigenvalue weighted by Crippen LogP contribution is 2.21. The van der Waals surface area contributed by atoms with Crippen molar-refractivity contribution in [1.29, 1.82) is 5.26 Å². The van der Waals surface area contributed by atoms with Gasteiger partial charge in [-0.05, 0) is 11.6 Å². The molecule has 0 saturated heterocycles. The fourth-order valence-corrected chi connectivity index (χ4v) is 1.19. The highest BCUT2D eigenvalue weighted by atomic mass is 16.5. The van der Waals surface area contributed by atoms with Gasteiger partial charge in [-0.1, -0.05) is 12.1 Å². The molecule has 0 spiro atoms. The quantitative estimate of drug-likeness (QED) is 0.734. The minimum absolute atomic E-state index is 0.162. The van der Waals surface area contributed by atoms with Crippen LogP contribution in [0.4, 0.5) is 0 Å². The summed E-state index contributed by atoms with van der Waals surface area (Å²) in [6.45, 7) is 0.693. The fourth-order valence-electron chi connectivity index (χ4n) is 1.19. The van der Waals surface area contributed by atoms with Gasteiger partial charge in [0.1, 0.15) is 18.4 Å². The smallest absolute Gasteiger partial charge is 0.137 e. The van der Waals surface area contributed by atoms with Crippen LogP contribution >= 0.6 is 0 Å². The Hall–Kier alpha value is -1.57. The van der Waals surface area contributed by atoms with Gasteiger partial charge in [-0.15, -0.1) is 0 Å². The molecule has 1 N–H and O–H groups in total. The maximum atomic E-state index is 9.01. The van der Waals surface area contributed by atoms with Crippen LogP contribution in [0.2, 0.25) is 0 Å². The molecule has 1 aromatic carbocycles. The van der Waals surface area contributed by atoms with Crippen molar-refractivity contribution in [2.75, 3.05) is 20.3 Å². The lowest BCUT2D eigenvalue weighted by atomic mass is 10.1. The monoisotopic (exact) mass is 207 g/mol. The molecule has 0 aliphatic rings. The lowest BCUT2D eigenvalue weighted by molar-refractivity contribution is 0.146. The first-order chi connectivity index (χ1) is 7.33. The van der Waals surface area contributed by atoms with Crippen LogP contribution in [0.15, 0.2) is 18.2 Å². The SMILES string of the molecule is COCCOc1cccc(CO)c1C#N. The Balaban J connectivity index is 2.83. The molecule has 4 nitrogen and oxygen atoms in total. The molecule has 1 aromatic rings. The van der Waals surface area contributed by atoms with E-state index in [0.29, 0.717) is 30.1 Å². The average molecular weight is 207 g/mol. The van der Waals surface area contributed by atoms with E-state index in [4.69, 9.17) is 19.8 Å². The molecule has 0 unspecified atom stereocenters. The second kappa shape index (κ2) is 6.02. The molecule has 15 heavy (non-hydrogen) atoms. The summed E-state index contributed by atoms with van der Waals surface area (Å²) in [5, 5.41) is 17.9. The summed E-state index contributed by atoms with van der Waals surface area (Å²) in [4.78, 5) is 0. The summed E-state index contributed by atoms with van der Waals surface area (Å²) in [5.41, 5.74) is 0.962. The van der Waals surface area contributed by atoms with Gasteiger partial charge >= 0.3 is 0 Å². The summed E-state index contributed by atoms with van der Waals surface area (Å²) >= 11 is 0. The van der Waals surface area contributed by atoms with Crippen LogP contribution in [0.5, 0.6) is 5.75 Å². The molecule has 0 atom stereocenters. The van der Waals surface area contributed by atoms with Gasteiger partial charge in [-0.25, -0.2) is 0 Å². The number of rotatable bonds is 5. The largest absolute Gasteiger partial charge is 0.490 e. The Kier molecular flexibility index (Phi) is 4.61. The van der Waals surface area contributed by atoms with E-state index in [1.807, 2.05) is 6.07 Å². The first-order valence-corrected chi connectivity index (χ1v) is 4.58. The fraction of sp³-hybridized carbons (Fsp3) is 0.364. The van der Waals surface area contributed by atoms with Crippen LogP contribution in [0.1, 0.15) is 11.1 Å². The number of methoxy groups -OCH3 is 1. The van der Waals surface area contributed by atoms with Gasteiger partial charge in [0.15, 0.2) is 0 Å². The number of nitrogens with zero attached hydrogens (tertiary/aromatic N) is 1. The van der Waals surface area contributed by atoms with Crippen molar-refractivity contribution in [2.24, 2.45) is 0 Å². The summed E-state index contributed by atoms with van der Waals surface area (Å²) in [5.74, 6) is 0.487. The Bertz CT molecular complexity index is 357. The van der Waals surface area contributed by atoms with Crippen molar-refractivity contribution >= 4 is 0 Å². The third-order valence-electron chi connectivity index (χ3n) is 1.94. The molecule has 0 saturated carbocycles. The van der Waals surface area contributed by atoms with Gasteiger partial charge < -0.3 is 14.6 Å². The predicted octanol–water partition coefficient (Wildman–Crippen LogP) is 1.08.